The maximum absolute atomic E-state index is 6.26. The highest BCUT2D eigenvalue weighted by atomic mass is 16.6. The Morgan fingerprint density at radius 2 is 1.64 bits per heavy atom. The molecule has 0 bridgehead atoms. The standard InChI is InChI=1S/C27H46O/c1-17(2)7-6-8-18(3)21-12-13-22-20-11-9-19-10-14-24-25(28-24)27(19,5)23(20)15-16-26(21,22)4/h17-25H,6-16H2,1-5H3/t18-,19+,20+,21-,22+,23+,24+,25+,26-,27+/m1/s1. The number of hydrogen-bond donors (Lipinski definition) is 0. The second-order valence-corrected chi connectivity index (χ2v) is 12.7. The van der Waals surface area contributed by atoms with Crippen LogP contribution in [-0.2, 0) is 4.74 Å². The van der Waals surface area contributed by atoms with Gasteiger partial charge in [0, 0.05) is 5.41 Å². The van der Waals surface area contributed by atoms with Crippen molar-refractivity contribution < 1.29 is 4.74 Å². The number of hydrogen-bond acceptors (Lipinski definition) is 1. The molecule has 1 heterocycles. The predicted molar refractivity (Wildman–Crippen MR) is 117 cm³/mol. The molecule has 5 rings (SSSR count). The lowest BCUT2D eigenvalue weighted by Crippen LogP contribution is -2.55. The summed E-state index contributed by atoms with van der Waals surface area (Å²) >= 11 is 0. The van der Waals surface area contributed by atoms with E-state index < -0.39 is 0 Å². The molecule has 1 saturated heterocycles. The molecule has 1 heteroatoms. The third kappa shape index (κ3) is 2.88. The van der Waals surface area contributed by atoms with Gasteiger partial charge in [0.2, 0.25) is 0 Å². The molecule has 1 nitrogen and oxygen atoms in total. The van der Waals surface area contributed by atoms with Crippen molar-refractivity contribution in [2.45, 2.75) is 117 Å². The zero-order chi connectivity index (χ0) is 19.7. The van der Waals surface area contributed by atoms with Gasteiger partial charge in [0.1, 0.15) is 0 Å². The zero-order valence-corrected chi connectivity index (χ0v) is 19.4. The van der Waals surface area contributed by atoms with E-state index >= 15 is 0 Å². The second-order valence-electron chi connectivity index (χ2n) is 12.7. The molecule has 0 amide bonds. The van der Waals surface area contributed by atoms with Crippen LogP contribution in [-0.4, -0.2) is 12.2 Å². The van der Waals surface area contributed by atoms with Gasteiger partial charge in [-0.25, -0.2) is 0 Å². The Kier molecular flexibility index (Phi) is 4.97. The summed E-state index contributed by atoms with van der Waals surface area (Å²) in [5, 5.41) is 0. The number of epoxide rings is 1. The summed E-state index contributed by atoms with van der Waals surface area (Å²) < 4.78 is 6.26. The fourth-order valence-electron chi connectivity index (χ4n) is 9.67. The molecule has 0 N–H and O–H groups in total. The molecule has 0 aromatic rings. The lowest BCUT2D eigenvalue weighted by Gasteiger charge is -2.60. The summed E-state index contributed by atoms with van der Waals surface area (Å²) in [5.74, 6) is 6.75. The van der Waals surface area contributed by atoms with E-state index in [1.165, 1.54) is 70.6 Å². The molecular formula is C27H46O. The minimum atomic E-state index is 0.522. The number of rotatable bonds is 5. The van der Waals surface area contributed by atoms with Gasteiger partial charge in [-0.2, -0.15) is 0 Å². The SMILES string of the molecule is CC(C)CCC[C@@H](C)[C@H]1CC[C@H]2[C@@H]3CC[C@H]4CC[C@@H]5O[C@@H]5[C@]4(C)[C@H]3CC[C@]12C. The van der Waals surface area contributed by atoms with Crippen LogP contribution in [0, 0.1) is 52.3 Å². The molecule has 0 unspecified atom stereocenters. The normalized spacial score (nSPS) is 53.1. The van der Waals surface area contributed by atoms with Crippen LogP contribution < -0.4 is 0 Å². The summed E-state index contributed by atoms with van der Waals surface area (Å²) in [6.07, 6.45) is 17.6. The summed E-state index contributed by atoms with van der Waals surface area (Å²) in [6, 6.07) is 0. The van der Waals surface area contributed by atoms with Crippen molar-refractivity contribution in [2.75, 3.05) is 0 Å². The minimum absolute atomic E-state index is 0.522. The second kappa shape index (κ2) is 7.00. The van der Waals surface area contributed by atoms with Gasteiger partial charge in [0.05, 0.1) is 12.2 Å². The molecule has 4 saturated carbocycles. The quantitative estimate of drug-likeness (QED) is 0.446. The Balaban J connectivity index is 1.31. The van der Waals surface area contributed by atoms with Crippen LogP contribution in [0.25, 0.3) is 0 Å². The molecule has 0 aromatic carbocycles. The molecular weight excluding hydrogens is 340 g/mol. The first-order valence-corrected chi connectivity index (χ1v) is 13.0. The van der Waals surface area contributed by atoms with Crippen molar-refractivity contribution in [3.05, 3.63) is 0 Å². The van der Waals surface area contributed by atoms with E-state index in [9.17, 15) is 0 Å². The first-order valence-electron chi connectivity index (χ1n) is 13.0. The summed E-state index contributed by atoms with van der Waals surface area (Å²) in [7, 11) is 0. The van der Waals surface area contributed by atoms with Crippen molar-refractivity contribution >= 4 is 0 Å². The third-order valence-electron chi connectivity index (χ3n) is 11.2. The molecule has 4 aliphatic carbocycles. The topological polar surface area (TPSA) is 12.5 Å². The highest BCUT2D eigenvalue weighted by Gasteiger charge is 2.67. The maximum Gasteiger partial charge on any atom is 0.0900 e. The Morgan fingerprint density at radius 1 is 0.857 bits per heavy atom. The van der Waals surface area contributed by atoms with Crippen LogP contribution in [0.1, 0.15) is 105 Å². The molecule has 0 radical (unpaired) electrons. The monoisotopic (exact) mass is 386 g/mol. The van der Waals surface area contributed by atoms with Gasteiger partial charge >= 0.3 is 0 Å². The van der Waals surface area contributed by atoms with Crippen LogP contribution >= 0.6 is 0 Å². The fraction of sp³-hybridized carbons (Fsp3) is 1.00. The molecule has 5 fully saturated rings. The largest absolute Gasteiger partial charge is 0.369 e. The Morgan fingerprint density at radius 3 is 2.43 bits per heavy atom. The van der Waals surface area contributed by atoms with Gasteiger partial charge < -0.3 is 4.74 Å². The smallest absolute Gasteiger partial charge is 0.0900 e. The Hall–Kier alpha value is -0.0400. The molecule has 1 aliphatic heterocycles. The minimum Gasteiger partial charge on any atom is -0.369 e. The average Bonchev–Trinajstić information content (AvgIpc) is 3.36. The van der Waals surface area contributed by atoms with Crippen molar-refractivity contribution in [1.82, 2.24) is 0 Å². The summed E-state index contributed by atoms with van der Waals surface area (Å²) in [4.78, 5) is 0. The Labute approximate surface area is 174 Å². The zero-order valence-electron chi connectivity index (χ0n) is 19.4. The summed E-state index contributed by atoms with van der Waals surface area (Å²) in [6.45, 7) is 12.8. The fourth-order valence-corrected chi connectivity index (χ4v) is 9.67. The lowest BCUT2D eigenvalue weighted by atomic mass is 9.44. The van der Waals surface area contributed by atoms with E-state index in [1.807, 2.05) is 0 Å². The van der Waals surface area contributed by atoms with E-state index in [2.05, 4.69) is 34.6 Å². The van der Waals surface area contributed by atoms with E-state index in [4.69, 9.17) is 4.74 Å². The predicted octanol–water partition coefficient (Wildman–Crippen LogP) is 7.49. The van der Waals surface area contributed by atoms with Gasteiger partial charge in [-0.05, 0) is 98.2 Å². The molecule has 0 aromatic heterocycles. The van der Waals surface area contributed by atoms with Crippen molar-refractivity contribution in [1.29, 1.82) is 0 Å². The molecule has 0 spiro atoms. The highest BCUT2D eigenvalue weighted by Crippen LogP contribution is 2.70. The Bertz CT molecular complexity index is 583. The van der Waals surface area contributed by atoms with E-state index in [0.29, 0.717) is 23.0 Å². The van der Waals surface area contributed by atoms with Gasteiger partial charge in [0.25, 0.3) is 0 Å². The van der Waals surface area contributed by atoms with Crippen molar-refractivity contribution in [3.8, 4) is 0 Å². The number of ether oxygens (including phenoxy) is 1. The van der Waals surface area contributed by atoms with Crippen LogP contribution in [0.5, 0.6) is 0 Å². The van der Waals surface area contributed by atoms with Crippen LogP contribution in [0.3, 0.4) is 0 Å². The van der Waals surface area contributed by atoms with Crippen LogP contribution in [0.2, 0.25) is 0 Å². The molecule has 5 aliphatic rings. The molecule has 28 heavy (non-hydrogen) atoms. The van der Waals surface area contributed by atoms with Gasteiger partial charge in [-0.15, -0.1) is 0 Å². The van der Waals surface area contributed by atoms with Gasteiger partial charge in [-0.3, -0.25) is 0 Å². The first-order chi connectivity index (χ1) is 13.4. The van der Waals surface area contributed by atoms with E-state index in [1.54, 1.807) is 0 Å². The lowest BCUT2D eigenvalue weighted by molar-refractivity contribution is -0.114. The number of fused-ring (bicyclic) bond motifs is 7. The van der Waals surface area contributed by atoms with Crippen molar-refractivity contribution in [3.63, 3.8) is 0 Å². The van der Waals surface area contributed by atoms with Gasteiger partial charge in [-0.1, -0.05) is 53.9 Å². The van der Waals surface area contributed by atoms with Crippen molar-refractivity contribution in [2.24, 2.45) is 52.3 Å². The van der Waals surface area contributed by atoms with Gasteiger partial charge in [0.15, 0.2) is 0 Å². The van der Waals surface area contributed by atoms with E-state index in [-0.39, 0.29) is 0 Å². The van der Waals surface area contributed by atoms with Crippen LogP contribution in [0.4, 0.5) is 0 Å². The van der Waals surface area contributed by atoms with E-state index in [0.717, 1.165) is 41.4 Å². The molecule has 10 atom stereocenters. The average molecular weight is 387 g/mol. The maximum atomic E-state index is 6.26. The first kappa shape index (κ1) is 19.9. The third-order valence-corrected chi connectivity index (χ3v) is 11.2. The molecule has 160 valence electrons. The summed E-state index contributed by atoms with van der Waals surface area (Å²) in [5.41, 5.74) is 1.16. The highest BCUT2D eigenvalue weighted by molar-refractivity contribution is 5.15. The van der Waals surface area contributed by atoms with Crippen LogP contribution in [0.15, 0.2) is 0 Å².